The second-order valence-corrected chi connectivity index (χ2v) is 19.8. The van der Waals surface area contributed by atoms with Gasteiger partial charge in [-0.1, -0.05) is 93.2 Å². The van der Waals surface area contributed by atoms with Crippen LogP contribution in [0.2, 0.25) is 0 Å². The van der Waals surface area contributed by atoms with Gasteiger partial charge in [0, 0.05) is 37.7 Å². The first-order valence-corrected chi connectivity index (χ1v) is 23.8. The van der Waals surface area contributed by atoms with Gasteiger partial charge in [0.2, 0.25) is 0 Å². The summed E-state index contributed by atoms with van der Waals surface area (Å²) in [5, 5.41) is 23.5. The molecule has 0 aromatic rings. The highest BCUT2D eigenvalue weighted by atomic mass is 16.5. The number of ether oxygens (including phenoxy) is 1. The van der Waals surface area contributed by atoms with Crippen LogP contribution < -0.4 is 10.6 Å². The Morgan fingerprint density at radius 3 is 2.05 bits per heavy atom. The molecule has 0 heterocycles. The van der Waals surface area contributed by atoms with Crippen molar-refractivity contribution in [2.24, 2.45) is 50.7 Å². The van der Waals surface area contributed by atoms with E-state index < -0.39 is 17.4 Å². The van der Waals surface area contributed by atoms with Crippen molar-refractivity contribution in [1.82, 2.24) is 10.6 Å². The Labute approximate surface area is 382 Å². The van der Waals surface area contributed by atoms with Gasteiger partial charge >= 0.3 is 11.9 Å². The number of ketones is 1. The Morgan fingerprint density at radius 1 is 1.03 bits per heavy atom. The third-order valence-corrected chi connectivity index (χ3v) is 14.8. The molecule has 0 aromatic carbocycles. The molecule has 62 heavy (non-hydrogen) atoms. The van der Waals surface area contributed by atoms with Gasteiger partial charge in [-0.2, -0.15) is 0 Å². The molecular formula is C54H96N2O6. The Balaban J connectivity index is 0. The van der Waals surface area contributed by atoms with E-state index in [-0.39, 0.29) is 46.7 Å². The molecule has 3 rings (SSSR count). The predicted molar refractivity (Wildman–Crippen MR) is 264 cm³/mol. The number of carbonyl (C=O) groups excluding carboxylic acids is 2. The normalized spacial score (nSPS) is 25.6. The van der Waals surface area contributed by atoms with Crippen molar-refractivity contribution in [2.75, 3.05) is 27.2 Å². The molecule has 3 aliphatic carbocycles. The number of hydrogen-bond donors (Lipinski definition) is 4. The lowest BCUT2D eigenvalue weighted by atomic mass is 9.40. The van der Waals surface area contributed by atoms with E-state index in [4.69, 9.17) is 16.3 Å². The van der Waals surface area contributed by atoms with Crippen molar-refractivity contribution in [3.05, 3.63) is 47.7 Å². The van der Waals surface area contributed by atoms with E-state index >= 15 is 0 Å². The van der Waals surface area contributed by atoms with Crippen LogP contribution in [0.25, 0.3) is 0 Å². The lowest BCUT2D eigenvalue weighted by molar-refractivity contribution is -0.159. The van der Waals surface area contributed by atoms with Gasteiger partial charge in [-0.3, -0.25) is 14.4 Å². The molecule has 8 heteroatoms. The number of fused-ring (bicyclic) bond motifs is 3. The van der Waals surface area contributed by atoms with Crippen LogP contribution in [0.1, 0.15) is 181 Å². The summed E-state index contributed by atoms with van der Waals surface area (Å²) in [4.78, 5) is 37.7. The van der Waals surface area contributed by atoms with E-state index in [2.05, 4.69) is 98.1 Å². The minimum atomic E-state index is -1.13. The van der Waals surface area contributed by atoms with Gasteiger partial charge in [0.05, 0.1) is 17.9 Å². The molecule has 0 aromatic heterocycles. The molecule has 0 radical (unpaired) electrons. The molecule has 7 atom stereocenters. The lowest BCUT2D eigenvalue weighted by Gasteiger charge is -2.64. The number of esters is 1. The van der Waals surface area contributed by atoms with E-state index in [1.54, 1.807) is 26.8 Å². The first-order chi connectivity index (χ1) is 28.9. The molecule has 0 saturated heterocycles. The highest BCUT2D eigenvalue weighted by molar-refractivity contribution is 6.01. The molecular weight excluding hydrogens is 773 g/mol. The highest BCUT2D eigenvalue weighted by Gasteiger charge is 2.64. The average molecular weight is 869 g/mol. The van der Waals surface area contributed by atoms with Crippen LogP contribution in [-0.4, -0.2) is 61.3 Å². The van der Waals surface area contributed by atoms with Gasteiger partial charge in [0.1, 0.15) is 0 Å². The zero-order valence-corrected chi connectivity index (χ0v) is 43.3. The molecule has 0 amide bonds. The molecule has 2 fully saturated rings. The summed E-state index contributed by atoms with van der Waals surface area (Å²) in [6, 6.07) is 0. The summed E-state index contributed by atoms with van der Waals surface area (Å²) >= 11 is 0. The minimum absolute atomic E-state index is 0.0641. The van der Waals surface area contributed by atoms with E-state index in [0.29, 0.717) is 30.0 Å². The Kier molecular flexibility index (Phi) is 27.4. The smallest absolute Gasteiger partial charge is 0.309 e. The number of carboxylic acids is 1. The molecule has 0 aliphatic heterocycles. The van der Waals surface area contributed by atoms with E-state index in [0.717, 1.165) is 44.2 Å². The second-order valence-electron chi connectivity index (χ2n) is 19.8. The number of aliphatic hydroxyl groups excluding tert-OH is 1. The first-order valence-electron chi connectivity index (χ1n) is 23.8. The number of hydrogen-bond acceptors (Lipinski definition) is 7. The Morgan fingerprint density at radius 2 is 1.60 bits per heavy atom. The number of likely N-dealkylation sites (N-methyl/N-ethyl adjacent to an activating group) is 1. The number of carboxylic acid groups (broad SMARTS) is 1. The van der Waals surface area contributed by atoms with Crippen LogP contribution in [0.3, 0.4) is 0 Å². The van der Waals surface area contributed by atoms with Gasteiger partial charge in [-0.15, -0.1) is 19.6 Å². The van der Waals surface area contributed by atoms with E-state index in [9.17, 15) is 19.5 Å². The number of allylic oxidation sites excluding steroid dienone is 4. The molecule has 0 bridgehead atoms. The van der Waals surface area contributed by atoms with Crippen molar-refractivity contribution in [3.8, 4) is 12.3 Å². The van der Waals surface area contributed by atoms with Crippen molar-refractivity contribution < 1.29 is 29.3 Å². The van der Waals surface area contributed by atoms with E-state index in [1.165, 1.54) is 42.5 Å². The molecule has 4 N–H and O–H groups in total. The lowest BCUT2D eigenvalue weighted by Crippen LogP contribution is -2.57. The number of nitrogens with one attached hydrogen (secondary N) is 2. The maximum absolute atomic E-state index is 13.8. The molecule has 2 saturated carbocycles. The Bertz CT molecular complexity index is 1530. The van der Waals surface area contributed by atoms with Crippen LogP contribution in [0.15, 0.2) is 47.7 Å². The zero-order chi connectivity index (χ0) is 48.9. The highest BCUT2D eigenvalue weighted by Crippen LogP contribution is 2.71. The van der Waals surface area contributed by atoms with Gasteiger partial charge in [-0.25, -0.2) is 0 Å². The SMILES string of the molecule is C#C/C=C(\C)CNC.C/C=C(\NC)C12CC[C@]3(C)C(CCC(CC)C3(C)CCC(C)C(C)(C)CCC(C)OC(=O)CC(C)(C)C(=O)O)C1=C(C(C)C)C(=O)C2.C=C.CC.CCO. The van der Waals surface area contributed by atoms with Gasteiger partial charge in [0.25, 0.3) is 0 Å². The van der Waals surface area contributed by atoms with Crippen molar-refractivity contribution in [2.45, 2.75) is 188 Å². The first kappa shape index (κ1) is 60.9. The van der Waals surface area contributed by atoms with E-state index in [1.807, 2.05) is 41.8 Å². The van der Waals surface area contributed by atoms with Crippen molar-refractivity contribution in [3.63, 3.8) is 0 Å². The minimum Gasteiger partial charge on any atom is -0.481 e. The number of aliphatic carboxylic acids is 1. The number of terminal acetylenes is 1. The summed E-state index contributed by atoms with van der Waals surface area (Å²) in [5.74, 6) is 3.18. The second kappa shape index (κ2) is 27.9. The topological polar surface area (TPSA) is 125 Å². The van der Waals surface area contributed by atoms with Crippen LogP contribution in [-0.2, 0) is 19.1 Å². The van der Waals surface area contributed by atoms with Crippen molar-refractivity contribution >= 4 is 17.7 Å². The molecule has 0 spiro atoms. The monoisotopic (exact) mass is 869 g/mol. The number of rotatable bonds is 17. The van der Waals surface area contributed by atoms with Gasteiger partial charge < -0.3 is 25.6 Å². The maximum atomic E-state index is 13.8. The van der Waals surface area contributed by atoms with Crippen LogP contribution >= 0.6 is 0 Å². The van der Waals surface area contributed by atoms with Crippen LogP contribution in [0.5, 0.6) is 0 Å². The standard InChI is InChI=1S/C41H69NO5.C7H11N.C2H6O.C2H6.C2H4/c1-14-29-16-17-30-35-34(26(3)4)31(43)24-41(35,32(15-2)42-13)23-22-40(30,12)39(29,11)21-18-27(5)37(7,8)20-19-28(6)47-33(44)25-38(9,10)36(45)46;1-4-5-7(2)6-8-3;1-2-3;2*1-2/h15,26-30,42H,14,16-25H2,1-13H3,(H,45,46);1,5,8H,6H2,2-3H3;3H,2H2,1H3;1-2H3;1-2H2/b32-15-;7-5+;;;/t27?,28?,29?,30?,39?,40-,41?;;;;/m1..../s1. The van der Waals surface area contributed by atoms with Gasteiger partial charge in [-0.05, 0) is 157 Å². The number of Topliss-reactive ketones (excluding diaryl/α,β-unsaturated/α-hetero) is 1. The average Bonchev–Trinajstić information content (AvgIpc) is 3.52. The van der Waals surface area contributed by atoms with Gasteiger partial charge in [0.15, 0.2) is 5.78 Å². The molecule has 3 aliphatic rings. The fourth-order valence-electron chi connectivity index (χ4n) is 10.7. The Hall–Kier alpha value is -3.15. The predicted octanol–water partition coefficient (Wildman–Crippen LogP) is 12.5. The maximum Gasteiger partial charge on any atom is 0.309 e. The summed E-state index contributed by atoms with van der Waals surface area (Å²) in [6.07, 6.45) is 19.0. The summed E-state index contributed by atoms with van der Waals surface area (Å²) in [7, 11) is 3.92. The fourth-order valence-corrected chi connectivity index (χ4v) is 10.7. The number of aliphatic hydroxyl groups is 1. The third kappa shape index (κ3) is 15.2. The summed E-state index contributed by atoms with van der Waals surface area (Å²) < 4.78 is 5.65. The van der Waals surface area contributed by atoms with Crippen LogP contribution in [0.4, 0.5) is 0 Å². The zero-order valence-electron chi connectivity index (χ0n) is 43.3. The fraction of sp³-hybridized carbons (Fsp3) is 0.759. The third-order valence-electron chi connectivity index (χ3n) is 14.8. The van der Waals surface area contributed by atoms with Crippen LogP contribution in [0, 0.1) is 63.1 Å². The number of carbonyl (C=O) groups is 3. The largest absolute Gasteiger partial charge is 0.481 e. The summed E-state index contributed by atoms with van der Waals surface area (Å²) in [6.45, 7) is 41.1. The molecule has 6 unspecified atom stereocenters. The molecule has 8 nitrogen and oxygen atoms in total. The molecule has 358 valence electrons. The summed E-state index contributed by atoms with van der Waals surface area (Å²) in [5.41, 5.74) is 4.08. The van der Waals surface area contributed by atoms with Crippen molar-refractivity contribution in [1.29, 1.82) is 0 Å². The quantitative estimate of drug-likeness (QED) is 0.0647.